The molecule has 0 aliphatic heterocycles. The summed E-state index contributed by atoms with van der Waals surface area (Å²) in [5.74, 6) is 1.26. The van der Waals surface area contributed by atoms with E-state index in [0.717, 1.165) is 33.4 Å². The van der Waals surface area contributed by atoms with E-state index in [-0.39, 0.29) is 18.1 Å². The van der Waals surface area contributed by atoms with E-state index in [9.17, 15) is 9.18 Å². The van der Waals surface area contributed by atoms with Crippen molar-refractivity contribution in [3.05, 3.63) is 58.4 Å². The summed E-state index contributed by atoms with van der Waals surface area (Å²) >= 11 is 0. The van der Waals surface area contributed by atoms with Crippen LogP contribution in [0.5, 0.6) is 17.2 Å². The summed E-state index contributed by atoms with van der Waals surface area (Å²) in [7, 11) is 8.33. The smallest absolute Gasteiger partial charge is 0.226 e. The Morgan fingerprint density at radius 2 is 1.73 bits per heavy atom. The van der Waals surface area contributed by atoms with Crippen LogP contribution in [0, 0.1) is 5.82 Å². The highest BCUT2D eigenvalue weighted by molar-refractivity contribution is 6.08. The van der Waals surface area contributed by atoms with Gasteiger partial charge in [-0.25, -0.2) is 4.39 Å². The number of methoxy groups -OCH3 is 3. The molecule has 0 atom stereocenters. The number of hydrogen-bond acceptors (Lipinski definition) is 5. The Morgan fingerprint density at radius 1 is 1.06 bits per heavy atom. The SMILES string of the molecule is CNCCN(C)C(=O)CC1=C(C)/C(=C/c2cc(OC)c(OC)c(OC)c2)c2ccc(F)cc21. The second-order valence-electron chi connectivity index (χ2n) is 7.91. The van der Waals surface area contributed by atoms with Crippen LogP contribution in [0.15, 0.2) is 35.9 Å². The summed E-state index contributed by atoms with van der Waals surface area (Å²) in [6.45, 7) is 3.28. The maximum Gasteiger partial charge on any atom is 0.226 e. The van der Waals surface area contributed by atoms with E-state index in [0.29, 0.717) is 30.3 Å². The average molecular weight is 455 g/mol. The molecule has 1 aliphatic carbocycles. The average Bonchev–Trinajstić information content (AvgIpc) is 3.06. The van der Waals surface area contributed by atoms with Crippen LogP contribution >= 0.6 is 0 Å². The fraction of sp³-hybridized carbons (Fsp3) is 0.346. The third kappa shape index (κ3) is 5.03. The molecule has 0 bridgehead atoms. The molecule has 33 heavy (non-hydrogen) atoms. The van der Waals surface area contributed by atoms with E-state index < -0.39 is 0 Å². The maximum atomic E-state index is 14.2. The number of fused-ring (bicyclic) bond motifs is 1. The summed E-state index contributed by atoms with van der Waals surface area (Å²) in [5.41, 5.74) is 5.20. The molecule has 2 aromatic rings. The van der Waals surface area contributed by atoms with Gasteiger partial charge in [-0.3, -0.25) is 4.79 Å². The Labute approximate surface area is 194 Å². The van der Waals surface area contributed by atoms with Crippen LogP contribution in [-0.4, -0.2) is 59.3 Å². The number of carbonyl (C=O) groups is 1. The highest BCUT2D eigenvalue weighted by atomic mass is 19.1. The van der Waals surface area contributed by atoms with Gasteiger partial charge in [-0.2, -0.15) is 0 Å². The van der Waals surface area contributed by atoms with Gasteiger partial charge in [0.2, 0.25) is 11.7 Å². The van der Waals surface area contributed by atoms with Gasteiger partial charge >= 0.3 is 0 Å². The van der Waals surface area contributed by atoms with Crippen LogP contribution in [0.3, 0.4) is 0 Å². The first-order chi connectivity index (χ1) is 15.8. The molecule has 176 valence electrons. The van der Waals surface area contributed by atoms with Gasteiger partial charge in [0.15, 0.2) is 11.5 Å². The summed E-state index contributed by atoms with van der Waals surface area (Å²) in [6.07, 6.45) is 2.20. The molecule has 0 spiro atoms. The number of likely N-dealkylation sites (N-methyl/N-ethyl adjacent to an activating group) is 2. The molecule has 3 rings (SSSR count). The normalized spacial score (nSPS) is 13.8. The van der Waals surface area contributed by atoms with Crippen molar-refractivity contribution in [2.24, 2.45) is 0 Å². The second kappa shape index (κ2) is 10.5. The first-order valence-corrected chi connectivity index (χ1v) is 10.7. The molecule has 7 heteroatoms. The zero-order valence-electron chi connectivity index (χ0n) is 20.0. The van der Waals surface area contributed by atoms with Crippen LogP contribution in [0.4, 0.5) is 4.39 Å². The largest absolute Gasteiger partial charge is 0.493 e. The topological polar surface area (TPSA) is 60.0 Å². The third-order valence-corrected chi connectivity index (χ3v) is 5.90. The van der Waals surface area contributed by atoms with Crippen molar-refractivity contribution in [1.29, 1.82) is 0 Å². The van der Waals surface area contributed by atoms with Crippen molar-refractivity contribution in [2.75, 3.05) is 48.5 Å². The van der Waals surface area contributed by atoms with Gasteiger partial charge in [-0.05, 0) is 77.7 Å². The number of rotatable bonds is 9. The first kappa shape index (κ1) is 24.3. The van der Waals surface area contributed by atoms with Gasteiger partial charge < -0.3 is 24.4 Å². The Balaban J connectivity index is 2.07. The number of allylic oxidation sites excluding steroid dienone is 2. The monoisotopic (exact) mass is 454 g/mol. The minimum absolute atomic E-state index is 0.0103. The molecule has 1 aliphatic rings. The lowest BCUT2D eigenvalue weighted by Crippen LogP contribution is -2.32. The van der Waals surface area contributed by atoms with Gasteiger partial charge in [-0.1, -0.05) is 6.07 Å². The highest BCUT2D eigenvalue weighted by Crippen LogP contribution is 2.45. The molecule has 0 saturated heterocycles. The first-order valence-electron chi connectivity index (χ1n) is 10.7. The summed E-state index contributed by atoms with van der Waals surface area (Å²) in [6, 6.07) is 8.43. The lowest BCUT2D eigenvalue weighted by atomic mass is 10.00. The number of hydrogen-bond donors (Lipinski definition) is 1. The molecule has 0 saturated carbocycles. The number of nitrogens with one attached hydrogen (secondary N) is 1. The van der Waals surface area contributed by atoms with Gasteiger partial charge in [0, 0.05) is 20.1 Å². The highest BCUT2D eigenvalue weighted by Gasteiger charge is 2.27. The molecule has 0 fully saturated rings. The van der Waals surface area contributed by atoms with Gasteiger partial charge in [0.05, 0.1) is 27.8 Å². The number of carbonyl (C=O) groups excluding carboxylic acids is 1. The Bertz CT molecular complexity index is 1080. The van der Waals surface area contributed by atoms with Crippen molar-refractivity contribution in [3.63, 3.8) is 0 Å². The maximum absolute atomic E-state index is 14.2. The zero-order chi connectivity index (χ0) is 24.1. The molecule has 0 unspecified atom stereocenters. The molecule has 2 aromatic carbocycles. The standard InChI is InChI=1S/C26H31FN2O4/c1-16-20(11-17-12-23(31-4)26(33-6)24(13-17)32-5)19-8-7-18(27)14-22(19)21(16)15-25(30)29(3)10-9-28-2/h7-8,11-14,28H,9-10,15H2,1-6H3/b20-11-. The van der Waals surface area contributed by atoms with E-state index in [4.69, 9.17) is 14.2 Å². The summed E-state index contributed by atoms with van der Waals surface area (Å²) in [5, 5.41) is 3.05. The number of benzene rings is 2. The Kier molecular flexibility index (Phi) is 7.76. The van der Waals surface area contributed by atoms with Crippen LogP contribution in [-0.2, 0) is 4.79 Å². The van der Waals surface area contributed by atoms with E-state index >= 15 is 0 Å². The Hall–Kier alpha value is -3.32. The minimum atomic E-state index is -0.330. The van der Waals surface area contributed by atoms with Crippen LogP contribution in [0.2, 0.25) is 0 Å². The number of halogens is 1. The molecule has 1 amide bonds. The lowest BCUT2D eigenvalue weighted by molar-refractivity contribution is -0.128. The molecule has 1 N–H and O–H groups in total. The van der Waals surface area contributed by atoms with Crippen molar-refractivity contribution >= 4 is 23.1 Å². The van der Waals surface area contributed by atoms with Crippen molar-refractivity contribution in [1.82, 2.24) is 10.2 Å². The second-order valence-corrected chi connectivity index (χ2v) is 7.91. The molecule has 0 aromatic heterocycles. The predicted molar refractivity (Wildman–Crippen MR) is 129 cm³/mol. The van der Waals surface area contributed by atoms with E-state index in [1.54, 1.807) is 39.3 Å². The van der Waals surface area contributed by atoms with E-state index in [1.807, 2.05) is 32.2 Å². The van der Waals surface area contributed by atoms with E-state index in [2.05, 4.69) is 5.32 Å². The summed E-state index contributed by atoms with van der Waals surface area (Å²) < 4.78 is 30.5. The Morgan fingerprint density at radius 3 is 2.30 bits per heavy atom. The van der Waals surface area contributed by atoms with E-state index in [1.165, 1.54) is 12.1 Å². The van der Waals surface area contributed by atoms with Crippen LogP contribution in [0.25, 0.3) is 17.2 Å². The lowest BCUT2D eigenvalue weighted by Gasteiger charge is -2.18. The number of ether oxygens (including phenoxy) is 3. The van der Waals surface area contributed by atoms with Crippen LogP contribution < -0.4 is 19.5 Å². The fourth-order valence-electron chi connectivity index (χ4n) is 4.02. The molecular formula is C26H31FN2O4. The van der Waals surface area contributed by atoms with Gasteiger partial charge in [0.1, 0.15) is 5.82 Å². The van der Waals surface area contributed by atoms with Crippen LogP contribution in [0.1, 0.15) is 30.0 Å². The fourth-order valence-corrected chi connectivity index (χ4v) is 4.02. The summed E-state index contributed by atoms with van der Waals surface area (Å²) in [4.78, 5) is 14.5. The zero-order valence-corrected chi connectivity index (χ0v) is 20.0. The molecule has 0 radical (unpaired) electrons. The molecule has 0 heterocycles. The van der Waals surface area contributed by atoms with Gasteiger partial charge in [-0.15, -0.1) is 0 Å². The predicted octanol–water partition coefficient (Wildman–Crippen LogP) is 4.25. The quantitative estimate of drug-likeness (QED) is 0.614. The van der Waals surface area contributed by atoms with Gasteiger partial charge in [0.25, 0.3) is 0 Å². The third-order valence-electron chi connectivity index (χ3n) is 5.90. The molecule has 6 nitrogen and oxygen atoms in total. The molecular weight excluding hydrogens is 423 g/mol. The minimum Gasteiger partial charge on any atom is -0.493 e. The number of nitrogens with zero attached hydrogens (tertiary/aromatic N) is 1. The van der Waals surface area contributed by atoms with Crippen molar-refractivity contribution in [2.45, 2.75) is 13.3 Å². The van der Waals surface area contributed by atoms with Crippen molar-refractivity contribution in [3.8, 4) is 17.2 Å². The van der Waals surface area contributed by atoms with Crippen molar-refractivity contribution < 1.29 is 23.4 Å². The number of amides is 1.